The average Bonchev–Trinajstić information content (AvgIpc) is 3.14. The average molecular weight is 378 g/mol. The summed E-state index contributed by atoms with van der Waals surface area (Å²) in [5, 5.41) is 9.14. The first-order valence-corrected chi connectivity index (χ1v) is 10.6. The van der Waals surface area contributed by atoms with Gasteiger partial charge in [0.2, 0.25) is 0 Å². The fourth-order valence-corrected chi connectivity index (χ4v) is 5.64. The Hall–Kier alpha value is -3.10. The van der Waals surface area contributed by atoms with E-state index in [4.69, 9.17) is 0 Å². The molecule has 1 heterocycles. The number of aryl methyl sites for hydroxylation is 1. The zero-order chi connectivity index (χ0) is 18.5. The van der Waals surface area contributed by atoms with E-state index in [2.05, 4.69) is 90.3 Å². The van der Waals surface area contributed by atoms with Crippen molar-refractivity contribution in [3.63, 3.8) is 0 Å². The van der Waals surface area contributed by atoms with Crippen LogP contribution in [0.1, 0.15) is 17.5 Å². The number of benzene rings is 4. The van der Waals surface area contributed by atoms with E-state index in [1.807, 2.05) is 11.3 Å². The minimum absolute atomic E-state index is 1.12. The molecule has 134 valence electrons. The molecule has 0 saturated carbocycles. The van der Waals surface area contributed by atoms with Gasteiger partial charge >= 0.3 is 0 Å². The lowest BCUT2D eigenvalue weighted by atomic mass is 9.91. The van der Waals surface area contributed by atoms with Crippen molar-refractivity contribution in [2.45, 2.75) is 12.8 Å². The number of anilines is 2. The SMILES string of the molecule is C1=Cc2ccc3sc4cc(Nc5ccccc5)c5ccccc5c4c3c2CC1. The molecule has 0 saturated heterocycles. The highest BCUT2D eigenvalue weighted by molar-refractivity contribution is 7.26. The van der Waals surface area contributed by atoms with Crippen molar-refractivity contribution < 1.29 is 0 Å². The monoisotopic (exact) mass is 377 g/mol. The van der Waals surface area contributed by atoms with Gasteiger partial charge in [-0.3, -0.25) is 0 Å². The highest BCUT2D eigenvalue weighted by Crippen LogP contribution is 2.44. The number of hydrogen-bond donors (Lipinski definition) is 1. The Kier molecular flexibility index (Phi) is 3.53. The van der Waals surface area contributed by atoms with Crippen molar-refractivity contribution in [3.05, 3.63) is 90.0 Å². The lowest BCUT2D eigenvalue weighted by molar-refractivity contribution is 0.999. The molecular formula is C26H19NS. The van der Waals surface area contributed by atoms with Crippen LogP contribution in [-0.2, 0) is 6.42 Å². The lowest BCUT2D eigenvalue weighted by Crippen LogP contribution is -1.95. The zero-order valence-electron chi connectivity index (χ0n) is 15.4. The van der Waals surface area contributed by atoms with Crippen molar-refractivity contribution >= 4 is 59.7 Å². The summed E-state index contributed by atoms with van der Waals surface area (Å²) in [6.45, 7) is 0. The molecule has 1 aromatic heterocycles. The van der Waals surface area contributed by atoms with E-state index in [1.54, 1.807) is 0 Å². The van der Waals surface area contributed by atoms with Crippen LogP contribution in [0.2, 0.25) is 0 Å². The molecule has 0 atom stereocenters. The summed E-state index contributed by atoms with van der Waals surface area (Å²) in [6.07, 6.45) is 6.85. The Morgan fingerprint density at radius 3 is 2.46 bits per heavy atom. The largest absolute Gasteiger partial charge is 0.355 e. The smallest absolute Gasteiger partial charge is 0.0478 e. The Labute approximate surface area is 167 Å². The van der Waals surface area contributed by atoms with Crippen LogP contribution in [0.25, 0.3) is 37.0 Å². The summed E-state index contributed by atoms with van der Waals surface area (Å²) in [5.41, 5.74) is 5.19. The number of para-hydroxylation sites is 1. The first kappa shape index (κ1) is 15.9. The Morgan fingerprint density at radius 2 is 1.57 bits per heavy atom. The molecule has 2 heteroatoms. The fraction of sp³-hybridized carbons (Fsp3) is 0.0769. The molecule has 0 bridgehead atoms. The van der Waals surface area contributed by atoms with Crippen LogP contribution >= 0.6 is 11.3 Å². The summed E-state index contributed by atoms with van der Waals surface area (Å²) >= 11 is 1.91. The van der Waals surface area contributed by atoms with Crippen LogP contribution in [0.15, 0.2) is 78.9 Å². The number of allylic oxidation sites excluding steroid dienone is 1. The van der Waals surface area contributed by atoms with E-state index >= 15 is 0 Å². The molecule has 0 fully saturated rings. The van der Waals surface area contributed by atoms with Gasteiger partial charge in [-0.25, -0.2) is 0 Å². The molecule has 4 aromatic carbocycles. The molecule has 0 radical (unpaired) electrons. The van der Waals surface area contributed by atoms with Gasteiger partial charge in [0.25, 0.3) is 0 Å². The van der Waals surface area contributed by atoms with Crippen LogP contribution in [0, 0.1) is 0 Å². The number of fused-ring (bicyclic) bond motifs is 7. The lowest BCUT2D eigenvalue weighted by Gasteiger charge is -2.14. The molecule has 1 aliphatic rings. The first-order valence-electron chi connectivity index (χ1n) is 9.77. The van der Waals surface area contributed by atoms with Gasteiger partial charge in [-0.2, -0.15) is 0 Å². The first-order chi connectivity index (χ1) is 13.9. The molecule has 1 nitrogen and oxygen atoms in total. The second-order valence-electron chi connectivity index (χ2n) is 7.38. The van der Waals surface area contributed by atoms with Crippen molar-refractivity contribution in [3.8, 4) is 0 Å². The van der Waals surface area contributed by atoms with Crippen molar-refractivity contribution in [1.82, 2.24) is 0 Å². The highest BCUT2D eigenvalue weighted by Gasteiger charge is 2.17. The van der Waals surface area contributed by atoms with E-state index < -0.39 is 0 Å². The van der Waals surface area contributed by atoms with Gasteiger partial charge in [0, 0.05) is 36.9 Å². The molecule has 0 amide bonds. The molecule has 0 unspecified atom stereocenters. The van der Waals surface area contributed by atoms with Gasteiger partial charge in [0.05, 0.1) is 0 Å². The number of nitrogens with one attached hydrogen (secondary N) is 1. The Morgan fingerprint density at radius 1 is 0.750 bits per heavy atom. The van der Waals surface area contributed by atoms with E-state index in [9.17, 15) is 0 Å². The second-order valence-corrected chi connectivity index (χ2v) is 8.47. The maximum Gasteiger partial charge on any atom is 0.0478 e. The van der Waals surface area contributed by atoms with Crippen molar-refractivity contribution in [2.24, 2.45) is 0 Å². The maximum absolute atomic E-state index is 3.64. The molecule has 0 aliphatic heterocycles. The predicted octanol–water partition coefficient (Wildman–Crippen LogP) is 7.91. The summed E-state index contributed by atoms with van der Waals surface area (Å²) in [6, 6.07) is 26.2. The van der Waals surface area contributed by atoms with Gasteiger partial charge in [0.15, 0.2) is 0 Å². The van der Waals surface area contributed by atoms with Gasteiger partial charge in [0.1, 0.15) is 0 Å². The van der Waals surface area contributed by atoms with Crippen LogP contribution in [-0.4, -0.2) is 0 Å². The third-order valence-electron chi connectivity index (χ3n) is 5.70. The van der Waals surface area contributed by atoms with Crippen molar-refractivity contribution in [1.29, 1.82) is 0 Å². The van der Waals surface area contributed by atoms with E-state index in [0.717, 1.165) is 18.5 Å². The molecule has 0 spiro atoms. The summed E-state index contributed by atoms with van der Waals surface area (Å²) in [4.78, 5) is 0. The minimum Gasteiger partial charge on any atom is -0.355 e. The highest BCUT2D eigenvalue weighted by atomic mass is 32.1. The minimum atomic E-state index is 1.12. The zero-order valence-corrected chi connectivity index (χ0v) is 16.2. The Balaban J connectivity index is 1.70. The standard InChI is InChI=1S/C26H19NS/c1-2-9-18(10-3-1)27-22-16-24-26(21-13-7-6-12-20(21)22)25-19-11-5-4-8-17(19)14-15-23(25)28-24/h1-4,6-10,12-16,27H,5,11H2. The van der Waals surface area contributed by atoms with E-state index in [-0.39, 0.29) is 0 Å². The van der Waals surface area contributed by atoms with E-state index in [1.165, 1.54) is 47.8 Å². The van der Waals surface area contributed by atoms with Crippen LogP contribution < -0.4 is 5.32 Å². The van der Waals surface area contributed by atoms with Crippen LogP contribution in [0.4, 0.5) is 11.4 Å². The second kappa shape index (κ2) is 6.22. The fourth-order valence-electron chi connectivity index (χ4n) is 4.45. The van der Waals surface area contributed by atoms with Crippen LogP contribution in [0.5, 0.6) is 0 Å². The van der Waals surface area contributed by atoms with Gasteiger partial charge in [-0.15, -0.1) is 11.3 Å². The maximum atomic E-state index is 3.64. The molecular weight excluding hydrogens is 358 g/mol. The third kappa shape index (κ3) is 2.38. The molecule has 5 aromatic rings. The van der Waals surface area contributed by atoms with E-state index in [0.29, 0.717) is 0 Å². The summed E-state index contributed by atoms with van der Waals surface area (Å²) in [5.74, 6) is 0. The topological polar surface area (TPSA) is 12.0 Å². The predicted molar refractivity (Wildman–Crippen MR) is 124 cm³/mol. The third-order valence-corrected chi connectivity index (χ3v) is 6.80. The molecule has 6 rings (SSSR count). The van der Waals surface area contributed by atoms with Gasteiger partial charge in [-0.05, 0) is 53.6 Å². The quantitative estimate of drug-likeness (QED) is 0.329. The summed E-state index contributed by atoms with van der Waals surface area (Å²) < 4.78 is 2.75. The van der Waals surface area contributed by atoms with Gasteiger partial charge < -0.3 is 5.32 Å². The Bertz CT molecular complexity index is 1380. The normalized spacial score (nSPS) is 13.3. The van der Waals surface area contributed by atoms with Crippen LogP contribution in [0.3, 0.4) is 0 Å². The molecule has 1 N–H and O–H groups in total. The van der Waals surface area contributed by atoms with Crippen molar-refractivity contribution in [2.75, 3.05) is 5.32 Å². The molecule has 28 heavy (non-hydrogen) atoms. The molecule has 1 aliphatic carbocycles. The number of rotatable bonds is 2. The summed E-state index contributed by atoms with van der Waals surface area (Å²) in [7, 11) is 0. The number of hydrogen-bond acceptors (Lipinski definition) is 2. The number of thiophene rings is 1. The van der Waals surface area contributed by atoms with Gasteiger partial charge in [-0.1, -0.05) is 60.7 Å².